The van der Waals surface area contributed by atoms with Gasteiger partial charge in [0, 0.05) is 11.8 Å². The molecule has 0 unspecified atom stereocenters. The Bertz CT molecular complexity index is 486. The van der Waals surface area contributed by atoms with Gasteiger partial charge < -0.3 is 5.73 Å². The maximum absolute atomic E-state index is 13.2. The first-order valence-corrected chi connectivity index (χ1v) is 5.06. The molecule has 82 valence electrons. The molecule has 2 rings (SSSR count). The van der Waals surface area contributed by atoms with Crippen molar-refractivity contribution in [3.05, 3.63) is 47.4 Å². The van der Waals surface area contributed by atoms with Gasteiger partial charge in [0.05, 0.1) is 0 Å². The second kappa shape index (κ2) is 3.93. The normalized spacial score (nSPS) is 10.4. The Morgan fingerprint density at radius 3 is 2.62 bits per heavy atom. The number of hydrogen-bond donors (Lipinski definition) is 1. The molecule has 0 saturated heterocycles. The zero-order valence-corrected chi connectivity index (χ0v) is 9.29. The van der Waals surface area contributed by atoms with Crippen molar-refractivity contribution in [2.24, 2.45) is 0 Å². The summed E-state index contributed by atoms with van der Waals surface area (Å²) in [6, 6.07) is 6.59. The van der Waals surface area contributed by atoms with Crippen molar-refractivity contribution >= 4 is 5.82 Å². The largest absolute Gasteiger partial charge is 0.383 e. The van der Waals surface area contributed by atoms with E-state index in [2.05, 4.69) is 4.98 Å². The summed E-state index contributed by atoms with van der Waals surface area (Å²) in [7, 11) is 0. The predicted molar refractivity (Wildman–Crippen MR) is 63.5 cm³/mol. The van der Waals surface area contributed by atoms with Crippen LogP contribution >= 0.6 is 0 Å². The van der Waals surface area contributed by atoms with Crippen molar-refractivity contribution in [2.45, 2.75) is 13.8 Å². The van der Waals surface area contributed by atoms with Gasteiger partial charge in [-0.2, -0.15) is 0 Å². The van der Waals surface area contributed by atoms with Crippen LogP contribution in [0.15, 0.2) is 30.5 Å². The van der Waals surface area contributed by atoms with Gasteiger partial charge in [0.15, 0.2) is 0 Å². The van der Waals surface area contributed by atoms with Crippen LogP contribution in [-0.2, 0) is 0 Å². The Hall–Kier alpha value is -1.90. The highest BCUT2D eigenvalue weighted by molar-refractivity contribution is 5.76. The fourth-order valence-electron chi connectivity index (χ4n) is 1.68. The Morgan fingerprint density at radius 2 is 1.88 bits per heavy atom. The van der Waals surface area contributed by atoms with Crippen molar-refractivity contribution in [1.82, 2.24) is 4.98 Å². The van der Waals surface area contributed by atoms with Crippen LogP contribution in [0.3, 0.4) is 0 Å². The molecule has 0 atom stereocenters. The quantitative estimate of drug-likeness (QED) is 0.795. The summed E-state index contributed by atoms with van der Waals surface area (Å²) in [5, 5.41) is 0. The monoisotopic (exact) mass is 216 g/mol. The number of nitrogens with zero attached hydrogens (tertiary/aromatic N) is 1. The minimum absolute atomic E-state index is 0.262. The van der Waals surface area contributed by atoms with Crippen LogP contribution in [0.1, 0.15) is 11.1 Å². The van der Waals surface area contributed by atoms with E-state index in [1.807, 2.05) is 19.9 Å². The molecule has 0 fully saturated rings. The summed E-state index contributed by atoms with van der Waals surface area (Å²) in [5.74, 6) is 0.167. The highest BCUT2D eigenvalue weighted by Crippen LogP contribution is 2.28. The standard InChI is InChI=1S/C13H13FN2/c1-8-5-12(13(15)16-7-8)11-6-10(14)4-3-9(11)2/h3-7H,1-2H3,(H2,15,16). The van der Waals surface area contributed by atoms with Gasteiger partial charge >= 0.3 is 0 Å². The molecule has 0 bridgehead atoms. The Labute approximate surface area is 93.9 Å². The lowest BCUT2D eigenvalue weighted by Crippen LogP contribution is -1.96. The second-order valence-corrected chi connectivity index (χ2v) is 3.90. The zero-order valence-electron chi connectivity index (χ0n) is 9.29. The Morgan fingerprint density at radius 1 is 1.12 bits per heavy atom. The lowest BCUT2D eigenvalue weighted by Gasteiger charge is -2.09. The van der Waals surface area contributed by atoms with Gasteiger partial charge in [0.2, 0.25) is 0 Å². The topological polar surface area (TPSA) is 38.9 Å². The first kappa shape index (κ1) is 10.6. The van der Waals surface area contributed by atoms with E-state index in [1.54, 1.807) is 12.3 Å². The molecular weight excluding hydrogens is 203 g/mol. The lowest BCUT2D eigenvalue weighted by atomic mass is 10.00. The summed E-state index contributed by atoms with van der Waals surface area (Å²) in [4.78, 5) is 4.08. The van der Waals surface area contributed by atoms with Crippen LogP contribution in [0.4, 0.5) is 10.2 Å². The van der Waals surface area contributed by atoms with Crippen LogP contribution in [0, 0.1) is 19.7 Å². The van der Waals surface area contributed by atoms with Gasteiger partial charge in [0.25, 0.3) is 0 Å². The molecule has 0 spiro atoms. The number of aromatic nitrogens is 1. The number of aryl methyl sites for hydroxylation is 2. The number of anilines is 1. The summed E-state index contributed by atoms with van der Waals surface area (Å²) in [5.41, 5.74) is 9.39. The Balaban J connectivity index is 2.66. The summed E-state index contributed by atoms with van der Waals surface area (Å²) in [6.07, 6.45) is 1.70. The van der Waals surface area contributed by atoms with E-state index in [1.165, 1.54) is 12.1 Å². The van der Waals surface area contributed by atoms with Gasteiger partial charge in [-0.25, -0.2) is 9.37 Å². The van der Waals surface area contributed by atoms with Crippen LogP contribution in [0.25, 0.3) is 11.1 Å². The number of nitrogen functional groups attached to an aromatic ring is 1. The molecule has 0 aliphatic rings. The number of hydrogen-bond acceptors (Lipinski definition) is 2. The van der Waals surface area contributed by atoms with Crippen LogP contribution in [-0.4, -0.2) is 4.98 Å². The SMILES string of the molecule is Cc1cnc(N)c(-c2cc(F)ccc2C)c1. The summed E-state index contributed by atoms with van der Waals surface area (Å²) >= 11 is 0. The van der Waals surface area contributed by atoms with Gasteiger partial charge in [-0.15, -0.1) is 0 Å². The molecule has 0 radical (unpaired) electrons. The molecule has 0 aliphatic heterocycles. The average molecular weight is 216 g/mol. The van der Waals surface area contributed by atoms with Crippen LogP contribution < -0.4 is 5.73 Å². The van der Waals surface area contributed by atoms with Crippen molar-refractivity contribution in [3.63, 3.8) is 0 Å². The summed E-state index contributed by atoms with van der Waals surface area (Å²) < 4.78 is 13.2. The third-order valence-corrected chi connectivity index (χ3v) is 2.55. The van der Waals surface area contributed by atoms with E-state index in [4.69, 9.17) is 5.73 Å². The van der Waals surface area contributed by atoms with E-state index in [-0.39, 0.29) is 5.82 Å². The number of nitrogens with two attached hydrogens (primary N) is 1. The average Bonchev–Trinajstić information content (AvgIpc) is 2.25. The number of rotatable bonds is 1. The molecule has 2 aromatic rings. The summed E-state index contributed by atoms with van der Waals surface area (Å²) in [6.45, 7) is 3.86. The van der Waals surface area contributed by atoms with Crippen molar-refractivity contribution in [1.29, 1.82) is 0 Å². The first-order valence-electron chi connectivity index (χ1n) is 5.06. The molecule has 0 saturated carbocycles. The smallest absolute Gasteiger partial charge is 0.131 e. The molecule has 0 amide bonds. The van der Waals surface area contributed by atoms with Crippen molar-refractivity contribution in [2.75, 3.05) is 5.73 Å². The predicted octanol–water partition coefficient (Wildman–Crippen LogP) is 3.09. The zero-order chi connectivity index (χ0) is 11.7. The van der Waals surface area contributed by atoms with E-state index >= 15 is 0 Å². The minimum atomic E-state index is -0.262. The van der Waals surface area contributed by atoms with Gasteiger partial charge in [-0.05, 0) is 48.7 Å². The fraction of sp³-hybridized carbons (Fsp3) is 0.154. The molecule has 2 nitrogen and oxygen atoms in total. The molecule has 1 aromatic carbocycles. The molecule has 1 heterocycles. The van der Waals surface area contributed by atoms with Gasteiger partial charge in [0.1, 0.15) is 11.6 Å². The van der Waals surface area contributed by atoms with E-state index in [0.29, 0.717) is 5.82 Å². The first-order chi connectivity index (χ1) is 7.58. The van der Waals surface area contributed by atoms with Gasteiger partial charge in [-0.1, -0.05) is 6.07 Å². The highest BCUT2D eigenvalue weighted by atomic mass is 19.1. The van der Waals surface area contributed by atoms with Gasteiger partial charge in [-0.3, -0.25) is 0 Å². The molecular formula is C13H13FN2. The molecule has 16 heavy (non-hydrogen) atoms. The Kier molecular flexibility index (Phi) is 2.60. The maximum atomic E-state index is 13.2. The van der Waals surface area contributed by atoms with E-state index in [0.717, 1.165) is 22.3 Å². The fourth-order valence-corrected chi connectivity index (χ4v) is 1.68. The van der Waals surface area contributed by atoms with E-state index < -0.39 is 0 Å². The molecule has 2 N–H and O–H groups in total. The van der Waals surface area contributed by atoms with E-state index in [9.17, 15) is 4.39 Å². The van der Waals surface area contributed by atoms with Crippen molar-refractivity contribution in [3.8, 4) is 11.1 Å². The number of benzene rings is 1. The maximum Gasteiger partial charge on any atom is 0.131 e. The van der Waals surface area contributed by atoms with Crippen LogP contribution in [0.5, 0.6) is 0 Å². The minimum Gasteiger partial charge on any atom is -0.383 e. The second-order valence-electron chi connectivity index (χ2n) is 3.90. The molecule has 1 aromatic heterocycles. The third-order valence-electron chi connectivity index (χ3n) is 2.55. The number of halogens is 1. The lowest BCUT2D eigenvalue weighted by molar-refractivity contribution is 0.628. The third kappa shape index (κ3) is 1.89. The number of pyridine rings is 1. The highest BCUT2D eigenvalue weighted by Gasteiger charge is 2.08. The molecule has 3 heteroatoms. The molecule has 0 aliphatic carbocycles. The van der Waals surface area contributed by atoms with Crippen molar-refractivity contribution < 1.29 is 4.39 Å². The van der Waals surface area contributed by atoms with Crippen LogP contribution in [0.2, 0.25) is 0 Å².